The zero-order valence-corrected chi connectivity index (χ0v) is 10.1. The first-order chi connectivity index (χ1) is 8.13. The molecule has 0 aliphatic rings. The molecule has 0 aliphatic heterocycles. The van der Waals surface area contributed by atoms with Gasteiger partial charge in [-0.3, -0.25) is 9.59 Å². The second-order valence-electron chi connectivity index (χ2n) is 3.29. The summed E-state index contributed by atoms with van der Waals surface area (Å²) in [5.41, 5.74) is 0. The Morgan fingerprint density at radius 2 is 2.41 bits per heavy atom. The number of esters is 1. The zero-order valence-electron chi connectivity index (χ0n) is 9.30. The highest BCUT2D eigenvalue weighted by Gasteiger charge is 2.18. The van der Waals surface area contributed by atoms with E-state index in [0.717, 1.165) is 4.88 Å². The van der Waals surface area contributed by atoms with E-state index in [9.17, 15) is 9.59 Å². The molecule has 0 bridgehead atoms. The largest absolute Gasteiger partial charge is 0.450 e. The highest BCUT2D eigenvalue weighted by Crippen LogP contribution is 2.22. The van der Waals surface area contributed by atoms with Crippen molar-refractivity contribution >= 4 is 23.2 Å². The number of ether oxygens (including phenoxy) is 1. The second kappa shape index (κ2) is 6.66. The molecule has 1 amide bonds. The molecule has 0 unspecified atom stereocenters. The van der Waals surface area contributed by atoms with E-state index in [2.05, 4.69) is 10.1 Å². The zero-order chi connectivity index (χ0) is 12.7. The molecule has 0 fully saturated rings. The van der Waals surface area contributed by atoms with Crippen LogP contribution in [0.4, 0.5) is 0 Å². The van der Waals surface area contributed by atoms with Gasteiger partial charge >= 0.3 is 5.97 Å². The van der Waals surface area contributed by atoms with Crippen LogP contribution in [0.5, 0.6) is 0 Å². The number of carbonyl (C=O) groups excluding carboxylic acids is 2. The van der Waals surface area contributed by atoms with Gasteiger partial charge in [0.15, 0.2) is 6.61 Å². The SMILES string of the molecule is CC(=O)N[C@@H](CC(=O)OCC#N)c1cccs1. The van der Waals surface area contributed by atoms with Crippen LogP contribution in [0.2, 0.25) is 0 Å². The van der Waals surface area contributed by atoms with E-state index in [0.29, 0.717) is 0 Å². The molecule has 1 aromatic heterocycles. The number of nitrogens with zero attached hydrogens (tertiary/aromatic N) is 1. The van der Waals surface area contributed by atoms with Crippen molar-refractivity contribution < 1.29 is 14.3 Å². The van der Waals surface area contributed by atoms with Crippen molar-refractivity contribution in [1.29, 1.82) is 5.26 Å². The molecule has 17 heavy (non-hydrogen) atoms. The maximum absolute atomic E-state index is 11.4. The van der Waals surface area contributed by atoms with E-state index < -0.39 is 12.0 Å². The lowest BCUT2D eigenvalue weighted by Gasteiger charge is -2.15. The number of nitrogens with one attached hydrogen (secondary N) is 1. The Bertz CT molecular complexity index is 422. The highest BCUT2D eigenvalue weighted by atomic mass is 32.1. The Morgan fingerprint density at radius 1 is 1.65 bits per heavy atom. The molecule has 1 atom stereocenters. The normalized spacial score (nSPS) is 11.3. The van der Waals surface area contributed by atoms with Crippen molar-refractivity contribution in [1.82, 2.24) is 5.32 Å². The van der Waals surface area contributed by atoms with Gasteiger partial charge in [-0.15, -0.1) is 11.3 Å². The first-order valence-corrected chi connectivity index (χ1v) is 5.84. The van der Waals surface area contributed by atoms with Crippen LogP contribution in [0.3, 0.4) is 0 Å². The van der Waals surface area contributed by atoms with Gasteiger partial charge < -0.3 is 10.1 Å². The lowest BCUT2D eigenvalue weighted by molar-refractivity contribution is -0.142. The minimum atomic E-state index is -0.501. The van der Waals surface area contributed by atoms with Crippen molar-refractivity contribution in [2.75, 3.05) is 6.61 Å². The first-order valence-electron chi connectivity index (χ1n) is 4.96. The maximum atomic E-state index is 11.4. The van der Waals surface area contributed by atoms with Gasteiger partial charge in [0.05, 0.1) is 12.5 Å². The van der Waals surface area contributed by atoms with Crippen molar-refractivity contribution in [2.24, 2.45) is 0 Å². The molecule has 5 nitrogen and oxygen atoms in total. The van der Waals surface area contributed by atoms with Crippen LogP contribution in [-0.4, -0.2) is 18.5 Å². The van der Waals surface area contributed by atoms with Gasteiger partial charge in [0.25, 0.3) is 0 Å². The lowest BCUT2D eigenvalue weighted by atomic mass is 10.1. The summed E-state index contributed by atoms with van der Waals surface area (Å²) in [6.07, 6.45) is 0.0295. The third-order valence-corrected chi connectivity index (χ3v) is 2.92. The molecule has 0 radical (unpaired) electrons. The molecule has 1 rings (SSSR count). The van der Waals surface area contributed by atoms with Crippen LogP contribution >= 0.6 is 11.3 Å². The number of carbonyl (C=O) groups is 2. The topological polar surface area (TPSA) is 79.2 Å². The standard InChI is InChI=1S/C11H12N2O3S/c1-8(14)13-9(10-3-2-6-17-10)7-11(15)16-5-4-12/h2-3,6,9H,5,7H2,1H3,(H,13,14)/t9-/m0/s1. The monoisotopic (exact) mass is 252 g/mol. The fourth-order valence-corrected chi connectivity index (χ4v) is 2.07. The molecule has 6 heteroatoms. The fraction of sp³-hybridized carbons (Fsp3) is 0.364. The van der Waals surface area contributed by atoms with E-state index in [-0.39, 0.29) is 18.9 Å². The quantitative estimate of drug-likeness (QED) is 0.803. The molecule has 1 N–H and O–H groups in total. The number of hydrogen-bond donors (Lipinski definition) is 1. The predicted octanol–water partition coefficient (Wildman–Crippen LogP) is 1.38. The van der Waals surface area contributed by atoms with Crippen LogP contribution in [0.1, 0.15) is 24.3 Å². The van der Waals surface area contributed by atoms with Gasteiger partial charge in [0.1, 0.15) is 6.07 Å². The summed E-state index contributed by atoms with van der Waals surface area (Å²) >= 11 is 1.45. The summed E-state index contributed by atoms with van der Waals surface area (Å²) in [6.45, 7) is 1.12. The molecule has 0 aromatic carbocycles. The number of thiophene rings is 1. The summed E-state index contributed by atoms with van der Waals surface area (Å²) < 4.78 is 4.65. The van der Waals surface area contributed by atoms with Crippen LogP contribution in [-0.2, 0) is 14.3 Å². The average Bonchev–Trinajstić information content (AvgIpc) is 2.78. The summed E-state index contributed by atoms with van der Waals surface area (Å²) in [7, 11) is 0. The van der Waals surface area contributed by atoms with Crippen molar-refractivity contribution in [2.45, 2.75) is 19.4 Å². The Labute approximate surface area is 103 Å². The van der Waals surface area contributed by atoms with Gasteiger partial charge in [-0.1, -0.05) is 6.07 Å². The highest BCUT2D eigenvalue weighted by molar-refractivity contribution is 7.10. The predicted molar refractivity (Wildman–Crippen MR) is 62.1 cm³/mol. The molecule has 0 aliphatic carbocycles. The Morgan fingerprint density at radius 3 is 2.94 bits per heavy atom. The fourth-order valence-electron chi connectivity index (χ4n) is 1.30. The Balaban J connectivity index is 2.62. The van der Waals surface area contributed by atoms with E-state index in [1.54, 1.807) is 6.07 Å². The molecular weight excluding hydrogens is 240 g/mol. The number of rotatable bonds is 5. The van der Waals surface area contributed by atoms with E-state index in [1.807, 2.05) is 17.5 Å². The molecular formula is C11H12N2O3S. The molecule has 1 heterocycles. The van der Waals surface area contributed by atoms with Crippen LogP contribution in [0, 0.1) is 11.3 Å². The van der Waals surface area contributed by atoms with Crippen LogP contribution in [0.15, 0.2) is 17.5 Å². The number of hydrogen-bond acceptors (Lipinski definition) is 5. The average molecular weight is 252 g/mol. The molecule has 90 valence electrons. The van der Waals surface area contributed by atoms with Crippen LogP contribution in [0.25, 0.3) is 0 Å². The van der Waals surface area contributed by atoms with E-state index >= 15 is 0 Å². The molecule has 1 aromatic rings. The Kier molecular flexibility index (Phi) is 5.17. The minimum Gasteiger partial charge on any atom is -0.450 e. The number of nitriles is 1. The van der Waals surface area contributed by atoms with Gasteiger partial charge in [-0.2, -0.15) is 5.26 Å². The molecule has 0 saturated heterocycles. The molecule has 0 spiro atoms. The third kappa shape index (κ3) is 4.66. The van der Waals surface area contributed by atoms with Crippen LogP contribution < -0.4 is 5.32 Å². The Hall–Kier alpha value is -1.87. The summed E-state index contributed by atoms with van der Waals surface area (Å²) in [5.74, 6) is -0.713. The minimum absolute atomic E-state index is 0.0295. The summed E-state index contributed by atoms with van der Waals surface area (Å²) in [6, 6.07) is 5.01. The molecule has 0 saturated carbocycles. The third-order valence-electron chi connectivity index (χ3n) is 1.93. The van der Waals surface area contributed by atoms with E-state index in [1.165, 1.54) is 18.3 Å². The lowest BCUT2D eigenvalue weighted by Crippen LogP contribution is -2.28. The van der Waals surface area contributed by atoms with Gasteiger partial charge in [0, 0.05) is 11.8 Å². The second-order valence-corrected chi connectivity index (χ2v) is 4.27. The first kappa shape index (κ1) is 13.2. The van der Waals surface area contributed by atoms with Crippen molar-refractivity contribution in [3.8, 4) is 6.07 Å². The summed E-state index contributed by atoms with van der Waals surface area (Å²) in [5, 5.41) is 12.8. The number of amides is 1. The van der Waals surface area contributed by atoms with Gasteiger partial charge in [0.2, 0.25) is 5.91 Å². The van der Waals surface area contributed by atoms with Gasteiger partial charge in [-0.25, -0.2) is 0 Å². The maximum Gasteiger partial charge on any atom is 0.309 e. The van der Waals surface area contributed by atoms with Crippen molar-refractivity contribution in [3.63, 3.8) is 0 Å². The van der Waals surface area contributed by atoms with Crippen molar-refractivity contribution in [3.05, 3.63) is 22.4 Å². The summed E-state index contributed by atoms with van der Waals surface area (Å²) in [4.78, 5) is 23.3. The smallest absolute Gasteiger partial charge is 0.309 e. The van der Waals surface area contributed by atoms with E-state index in [4.69, 9.17) is 5.26 Å². The van der Waals surface area contributed by atoms with Gasteiger partial charge in [-0.05, 0) is 11.4 Å².